The number of aromatic nitrogens is 2. The largest absolute Gasteiger partial charge is 0.358 e. The van der Waals surface area contributed by atoms with Crippen LogP contribution in [0.5, 0.6) is 0 Å². The monoisotopic (exact) mass is 263 g/mol. The van der Waals surface area contributed by atoms with Crippen molar-refractivity contribution in [2.24, 2.45) is 5.73 Å². The van der Waals surface area contributed by atoms with E-state index in [9.17, 15) is 0 Å². The number of likely N-dealkylation sites (N-methyl/N-ethyl adjacent to an activating group) is 1. The second-order valence-electron chi connectivity index (χ2n) is 6.17. The molecule has 0 unspecified atom stereocenters. The fourth-order valence-corrected chi connectivity index (χ4v) is 2.53. The lowest BCUT2D eigenvalue weighted by Crippen LogP contribution is -2.44. The molecule has 0 bridgehead atoms. The van der Waals surface area contributed by atoms with Crippen LogP contribution in [0.4, 0.5) is 11.6 Å². The normalized spacial score (nSPS) is 15.9. The Balaban J connectivity index is 2.20. The molecule has 1 saturated heterocycles. The summed E-state index contributed by atoms with van der Waals surface area (Å²) in [6, 6.07) is 2.07. The highest BCUT2D eigenvalue weighted by molar-refractivity contribution is 5.51. The number of rotatable bonds is 4. The highest BCUT2D eigenvalue weighted by atomic mass is 15.2. The van der Waals surface area contributed by atoms with E-state index >= 15 is 0 Å². The quantitative estimate of drug-likeness (QED) is 0.893. The summed E-state index contributed by atoms with van der Waals surface area (Å²) < 4.78 is 0. The van der Waals surface area contributed by atoms with E-state index in [1.54, 1.807) is 0 Å². The van der Waals surface area contributed by atoms with Crippen molar-refractivity contribution in [3.8, 4) is 0 Å². The first-order valence-electron chi connectivity index (χ1n) is 6.96. The summed E-state index contributed by atoms with van der Waals surface area (Å²) in [4.78, 5) is 13.5. The molecule has 1 aromatic heterocycles. The van der Waals surface area contributed by atoms with Gasteiger partial charge in [-0.25, -0.2) is 9.97 Å². The van der Waals surface area contributed by atoms with Gasteiger partial charge in [-0.15, -0.1) is 0 Å². The van der Waals surface area contributed by atoms with Crippen molar-refractivity contribution in [3.05, 3.63) is 11.9 Å². The lowest BCUT2D eigenvalue weighted by atomic mass is 10.1. The number of nitrogens with zero attached hydrogens (tertiary/aromatic N) is 4. The summed E-state index contributed by atoms with van der Waals surface area (Å²) in [6.45, 7) is 8.97. The second-order valence-corrected chi connectivity index (χ2v) is 6.17. The van der Waals surface area contributed by atoms with Gasteiger partial charge in [0.25, 0.3) is 0 Å². The molecule has 2 heterocycles. The number of hydrogen-bond acceptors (Lipinski definition) is 5. The predicted molar refractivity (Wildman–Crippen MR) is 79.8 cm³/mol. The van der Waals surface area contributed by atoms with Crippen LogP contribution < -0.4 is 15.5 Å². The van der Waals surface area contributed by atoms with Crippen molar-refractivity contribution in [2.75, 3.05) is 36.5 Å². The Morgan fingerprint density at radius 3 is 2.53 bits per heavy atom. The van der Waals surface area contributed by atoms with Gasteiger partial charge in [-0.1, -0.05) is 0 Å². The lowest BCUT2D eigenvalue weighted by molar-refractivity contribution is 0.517. The fraction of sp³-hybridized carbons (Fsp3) is 0.714. The summed E-state index contributed by atoms with van der Waals surface area (Å²) >= 11 is 0. The molecule has 1 aromatic rings. The fourth-order valence-electron chi connectivity index (χ4n) is 2.53. The Morgan fingerprint density at radius 2 is 1.95 bits per heavy atom. The first-order chi connectivity index (χ1) is 8.85. The minimum Gasteiger partial charge on any atom is -0.358 e. The SMILES string of the molecule is Cc1nc(N(C)CC(C)(C)N)cc(N2CCCC2)n1. The van der Waals surface area contributed by atoms with Crippen LogP contribution in [0, 0.1) is 6.92 Å². The van der Waals surface area contributed by atoms with Gasteiger partial charge in [0.1, 0.15) is 17.5 Å². The van der Waals surface area contributed by atoms with E-state index in [1.165, 1.54) is 12.8 Å². The minimum absolute atomic E-state index is 0.235. The van der Waals surface area contributed by atoms with Crippen molar-refractivity contribution < 1.29 is 0 Å². The number of anilines is 2. The van der Waals surface area contributed by atoms with Gasteiger partial charge < -0.3 is 15.5 Å². The minimum atomic E-state index is -0.235. The van der Waals surface area contributed by atoms with E-state index < -0.39 is 0 Å². The molecule has 1 aliphatic rings. The molecule has 0 radical (unpaired) electrons. The van der Waals surface area contributed by atoms with Crippen molar-refractivity contribution >= 4 is 11.6 Å². The van der Waals surface area contributed by atoms with E-state index in [1.807, 2.05) is 27.8 Å². The topological polar surface area (TPSA) is 58.3 Å². The van der Waals surface area contributed by atoms with E-state index in [4.69, 9.17) is 5.73 Å². The van der Waals surface area contributed by atoms with Gasteiger partial charge in [-0.2, -0.15) is 0 Å². The Kier molecular flexibility index (Phi) is 3.94. The molecule has 5 heteroatoms. The third-order valence-corrected chi connectivity index (χ3v) is 3.28. The average molecular weight is 263 g/mol. The molecule has 0 aliphatic carbocycles. The molecule has 2 rings (SSSR count). The maximum atomic E-state index is 6.08. The van der Waals surface area contributed by atoms with Crippen LogP contribution in [0.25, 0.3) is 0 Å². The third-order valence-electron chi connectivity index (χ3n) is 3.28. The highest BCUT2D eigenvalue weighted by Gasteiger charge is 2.19. The molecule has 0 atom stereocenters. The smallest absolute Gasteiger partial charge is 0.134 e. The van der Waals surface area contributed by atoms with E-state index in [0.717, 1.165) is 37.1 Å². The molecule has 0 saturated carbocycles. The first-order valence-corrected chi connectivity index (χ1v) is 6.96. The second kappa shape index (κ2) is 5.33. The van der Waals surface area contributed by atoms with Crippen LogP contribution in [-0.4, -0.2) is 42.2 Å². The van der Waals surface area contributed by atoms with E-state index in [2.05, 4.69) is 25.8 Å². The number of hydrogen-bond donors (Lipinski definition) is 1. The van der Waals surface area contributed by atoms with Gasteiger partial charge in [0.2, 0.25) is 0 Å². The zero-order valence-corrected chi connectivity index (χ0v) is 12.5. The average Bonchev–Trinajstić information content (AvgIpc) is 2.79. The van der Waals surface area contributed by atoms with Crippen molar-refractivity contribution in [1.29, 1.82) is 0 Å². The standard InChI is InChI=1S/C14H25N5/c1-11-16-12(18(4)10-14(2,3)15)9-13(17-11)19-7-5-6-8-19/h9H,5-8,10,15H2,1-4H3. The Bertz CT molecular complexity index is 432. The first kappa shape index (κ1) is 14.1. The molecule has 106 valence electrons. The zero-order valence-electron chi connectivity index (χ0n) is 12.5. The molecule has 19 heavy (non-hydrogen) atoms. The summed E-state index contributed by atoms with van der Waals surface area (Å²) in [5.74, 6) is 2.82. The third kappa shape index (κ3) is 3.80. The molecular weight excluding hydrogens is 238 g/mol. The Labute approximate surface area is 115 Å². The molecule has 0 amide bonds. The van der Waals surface area contributed by atoms with Gasteiger partial charge in [0.05, 0.1) is 0 Å². The maximum Gasteiger partial charge on any atom is 0.134 e. The van der Waals surface area contributed by atoms with Crippen LogP contribution in [0.2, 0.25) is 0 Å². The number of nitrogens with two attached hydrogens (primary N) is 1. The molecule has 1 fully saturated rings. The lowest BCUT2D eigenvalue weighted by Gasteiger charge is -2.28. The van der Waals surface area contributed by atoms with Gasteiger partial charge in [0, 0.05) is 38.3 Å². The molecule has 0 spiro atoms. The van der Waals surface area contributed by atoms with Gasteiger partial charge in [0.15, 0.2) is 0 Å². The predicted octanol–water partition coefficient (Wildman–Crippen LogP) is 1.56. The van der Waals surface area contributed by atoms with E-state index in [-0.39, 0.29) is 5.54 Å². The van der Waals surface area contributed by atoms with Gasteiger partial charge in [-0.3, -0.25) is 0 Å². The molecule has 1 aliphatic heterocycles. The van der Waals surface area contributed by atoms with Crippen molar-refractivity contribution in [3.63, 3.8) is 0 Å². The zero-order chi connectivity index (χ0) is 14.0. The summed E-state index contributed by atoms with van der Waals surface area (Å²) in [5.41, 5.74) is 5.84. The summed E-state index contributed by atoms with van der Waals surface area (Å²) in [7, 11) is 2.03. The van der Waals surface area contributed by atoms with Gasteiger partial charge >= 0.3 is 0 Å². The number of aryl methyl sites for hydroxylation is 1. The van der Waals surface area contributed by atoms with Crippen LogP contribution in [0.1, 0.15) is 32.5 Å². The van der Waals surface area contributed by atoms with Gasteiger partial charge in [-0.05, 0) is 33.6 Å². The molecular formula is C14H25N5. The maximum absolute atomic E-state index is 6.08. The van der Waals surface area contributed by atoms with Crippen LogP contribution in [-0.2, 0) is 0 Å². The molecule has 0 aromatic carbocycles. The Hall–Kier alpha value is -1.36. The van der Waals surface area contributed by atoms with Crippen LogP contribution in [0.3, 0.4) is 0 Å². The summed E-state index contributed by atoms with van der Waals surface area (Å²) in [6.07, 6.45) is 2.51. The van der Waals surface area contributed by atoms with E-state index in [0.29, 0.717) is 0 Å². The molecule has 5 nitrogen and oxygen atoms in total. The van der Waals surface area contributed by atoms with Crippen molar-refractivity contribution in [2.45, 2.75) is 39.2 Å². The molecule has 2 N–H and O–H groups in total. The van der Waals surface area contributed by atoms with Crippen LogP contribution >= 0.6 is 0 Å². The Morgan fingerprint density at radius 1 is 1.32 bits per heavy atom. The van der Waals surface area contributed by atoms with Crippen molar-refractivity contribution in [1.82, 2.24) is 9.97 Å². The van der Waals surface area contributed by atoms with Crippen LogP contribution in [0.15, 0.2) is 6.07 Å². The summed E-state index contributed by atoms with van der Waals surface area (Å²) in [5, 5.41) is 0. The highest BCUT2D eigenvalue weighted by Crippen LogP contribution is 2.22.